The van der Waals surface area contributed by atoms with Crippen LogP contribution in [-0.4, -0.2) is 62.8 Å². The van der Waals surface area contributed by atoms with Crippen LogP contribution in [0.15, 0.2) is 48.9 Å². The van der Waals surface area contributed by atoms with Crippen LogP contribution in [0.3, 0.4) is 0 Å². The summed E-state index contributed by atoms with van der Waals surface area (Å²) in [7, 11) is 3.64. The number of carbonyl (C=O) groups is 1. The van der Waals surface area contributed by atoms with Crippen molar-refractivity contribution < 1.29 is 9.53 Å². The molecule has 7 rings (SSSR count). The number of likely N-dealkylation sites (tertiary alicyclic amines) is 1. The van der Waals surface area contributed by atoms with E-state index in [0.29, 0.717) is 40.3 Å². The molecular weight excluding hydrogens is 454 g/mol. The molecule has 3 aromatic heterocycles. The molecule has 36 heavy (non-hydrogen) atoms. The molecule has 9 nitrogen and oxygen atoms in total. The maximum absolute atomic E-state index is 13.3. The zero-order chi connectivity index (χ0) is 24.4. The van der Waals surface area contributed by atoms with Crippen LogP contribution in [0.25, 0.3) is 33.5 Å². The van der Waals surface area contributed by atoms with Gasteiger partial charge in [-0.1, -0.05) is 30.3 Å². The first-order valence-electron chi connectivity index (χ1n) is 12.4. The number of fused-ring (bicyclic) bond motifs is 2. The molecule has 0 radical (unpaired) electrons. The first-order chi connectivity index (χ1) is 17.6. The van der Waals surface area contributed by atoms with Crippen molar-refractivity contribution in [2.75, 3.05) is 32.6 Å². The van der Waals surface area contributed by atoms with Crippen LogP contribution in [0, 0.1) is 11.3 Å². The third-order valence-electron chi connectivity index (χ3n) is 7.75. The van der Waals surface area contributed by atoms with Crippen molar-refractivity contribution in [1.29, 1.82) is 0 Å². The highest BCUT2D eigenvalue weighted by molar-refractivity contribution is 6.01. The van der Waals surface area contributed by atoms with E-state index in [-0.39, 0.29) is 11.3 Å². The van der Waals surface area contributed by atoms with E-state index in [4.69, 9.17) is 14.8 Å². The van der Waals surface area contributed by atoms with E-state index in [9.17, 15) is 4.79 Å². The van der Waals surface area contributed by atoms with Gasteiger partial charge in [-0.2, -0.15) is 5.10 Å². The molecule has 1 aliphatic heterocycles. The minimum atomic E-state index is -0.321. The quantitative estimate of drug-likeness (QED) is 0.447. The molecule has 9 heteroatoms. The summed E-state index contributed by atoms with van der Waals surface area (Å²) < 4.78 is 7.65. The molecule has 2 atom stereocenters. The predicted octanol–water partition coefficient (Wildman–Crippen LogP) is 3.79. The second-order valence-electron chi connectivity index (χ2n) is 10.3. The number of anilines is 1. The summed E-state index contributed by atoms with van der Waals surface area (Å²) in [5.74, 6) is 1.30. The standard InChI is InChI=1S/C27H27N7O2/c1-33-12-17-11-27(17,14-33)26(35)31-25-21(36-2)10-20-24(30-25)23(29-15-28-20)19-13-34(18-8-9-18)32-22(19)16-6-4-3-5-7-16/h3-7,10,13,15,17-18H,8-9,11-12,14H2,1-2H3,(H,30,31,35). The molecule has 4 aromatic rings. The van der Waals surface area contributed by atoms with E-state index in [1.165, 1.54) is 0 Å². The zero-order valence-electron chi connectivity index (χ0n) is 20.3. The van der Waals surface area contributed by atoms with Crippen LogP contribution < -0.4 is 10.1 Å². The Hall–Kier alpha value is -3.85. The summed E-state index contributed by atoms with van der Waals surface area (Å²) in [6, 6.07) is 12.4. The summed E-state index contributed by atoms with van der Waals surface area (Å²) >= 11 is 0. The minimum Gasteiger partial charge on any atom is -0.493 e. The Morgan fingerprint density at radius 1 is 1.17 bits per heavy atom. The SMILES string of the molecule is COc1cc2ncnc(-c3cn(C4CC4)nc3-c3ccccc3)c2nc1NC(=O)C12CC1CN(C)C2. The van der Waals surface area contributed by atoms with Gasteiger partial charge in [0.25, 0.3) is 0 Å². The number of amides is 1. The van der Waals surface area contributed by atoms with E-state index in [1.807, 2.05) is 28.9 Å². The average molecular weight is 482 g/mol. The molecule has 3 aliphatic rings. The van der Waals surface area contributed by atoms with Crippen molar-refractivity contribution in [2.24, 2.45) is 11.3 Å². The van der Waals surface area contributed by atoms with Crippen molar-refractivity contribution in [1.82, 2.24) is 29.6 Å². The molecule has 2 unspecified atom stereocenters. The molecule has 0 bridgehead atoms. The molecule has 2 aliphatic carbocycles. The Balaban J connectivity index is 1.34. The van der Waals surface area contributed by atoms with Crippen LogP contribution in [0.1, 0.15) is 25.3 Å². The fraction of sp³-hybridized carbons (Fsp3) is 0.370. The lowest BCUT2D eigenvalue weighted by molar-refractivity contribution is -0.121. The van der Waals surface area contributed by atoms with Gasteiger partial charge in [-0.15, -0.1) is 0 Å². The number of pyridine rings is 1. The van der Waals surface area contributed by atoms with Crippen LogP contribution >= 0.6 is 0 Å². The molecule has 1 saturated heterocycles. The molecular formula is C27H27N7O2. The van der Waals surface area contributed by atoms with Crippen molar-refractivity contribution in [3.05, 3.63) is 48.9 Å². The number of methoxy groups -OCH3 is 1. The van der Waals surface area contributed by atoms with Crippen molar-refractivity contribution in [2.45, 2.75) is 25.3 Å². The number of hydrogen-bond acceptors (Lipinski definition) is 7. The molecule has 1 amide bonds. The number of nitrogens with zero attached hydrogens (tertiary/aromatic N) is 6. The van der Waals surface area contributed by atoms with Crippen molar-refractivity contribution >= 4 is 22.8 Å². The number of rotatable bonds is 6. The number of hydrogen-bond donors (Lipinski definition) is 1. The van der Waals surface area contributed by atoms with Crippen LogP contribution in [0.4, 0.5) is 5.82 Å². The summed E-state index contributed by atoms with van der Waals surface area (Å²) in [4.78, 5) is 29.5. The lowest BCUT2D eigenvalue weighted by Gasteiger charge is -2.17. The molecule has 2 saturated carbocycles. The molecule has 182 valence electrons. The normalized spacial score (nSPS) is 23.0. The Bertz CT molecular complexity index is 1500. The smallest absolute Gasteiger partial charge is 0.233 e. The Kier molecular flexibility index (Phi) is 4.66. The number of piperidine rings is 1. The van der Waals surface area contributed by atoms with E-state index in [1.54, 1.807) is 13.4 Å². The van der Waals surface area contributed by atoms with E-state index in [0.717, 1.165) is 49.2 Å². The number of benzene rings is 1. The summed E-state index contributed by atoms with van der Waals surface area (Å²) in [5.41, 5.74) is 4.40. The van der Waals surface area contributed by atoms with Crippen LogP contribution in [-0.2, 0) is 4.79 Å². The number of aromatic nitrogens is 5. The first-order valence-corrected chi connectivity index (χ1v) is 12.4. The van der Waals surface area contributed by atoms with Crippen molar-refractivity contribution in [3.63, 3.8) is 0 Å². The number of nitrogens with one attached hydrogen (secondary N) is 1. The molecule has 1 aromatic carbocycles. The monoisotopic (exact) mass is 481 g/mol. The lowest BCUT2D eigenvalue weighted by atomic mass is 10.0. The zero-order valence-corrected chi connectivity index (χ0v) is 20.3. The number of ether oxygens (including phenoxy) is 1. The topological polar surface area (TPSA) is 98.1 Å². The largest absolute Gasteiger partial charge is 0.493 e. The fourth-order valence-corrected chi connectivity index (χ4v) is 5.63. The van der Waals surface area contributed by atoms with E-state index >= 15 is 0 Å². The van der Waals surface area contributed by atoms with Gasteiger partial charge in [0.05, 0.1) is 24.1 Å². The summed E-state index contributed by atoms with van der Waals surface area (Å²) in [6.07, 6.45) is 6.79. The highest BCUT2D eigenvalue weighted by atomic mass is 16.5. The Morgan fingerprint density at radius 2 is 2.00 bits per heavy atom. The van der Waals surface area contributed by atoms with Gasteiger partial charge < -0.3 is 15.0 Å². The molecule has 3 fully saturated rings. The minimum absolute atomic E-state index is 0.00641. The maximum Gasteiger partial charge on any atom is 0.233 e. The molecule has 0 spiro atoms. The Morgan fingerprint density at radius 3 is 2.72 bits per heavy atom. The van der Waals surface area contributed by atoms with E-state index < -0.39 is 0 Å². The molecule has 4 heterocycles. The van der Waals surface area contributed by atoms with Gasteiger partial charge in [0.2, 0.25) is 5.91 Å². The maximum atomic E-state index is 13.3. The second-order valence-corrected chi connectivity index (χ2v) is 10.3. The van der Waals surface area contributed by atoms with Gasteiger partial charge in [-0.25, -0.2) is 15.0 Å². The highest BCUT2D eigenvalue weighted by Gasteiger charge is 2.64. The van der Waals surface area contributed by atoms with E-state index in [2.05, 4.69) is 45.6 Å². The van der Waals surface area contributed by atoms with Gasteiger partial charge in [0.15, 0.2) is 11.6 Å². The van der Waals surface area contributed by atoms with Gasteiger partial charge >= 0.3 is 0 Å². The Labute approximate surface area is 208 Å². The van der Waals surface area contributed by atoms with Gasteiger partial charge in [0, 0.05) is 36.5 Å². The van der Waals surface area contributed by atoms with Gasteiger partial charge in [0.1, 0.15) is 23.2 Å². The summed E-state index contributed by atoms with van der Waals surface area (Å²) in [5, 5.41) is 8.01. The van der Waals surface area contributed by atoms with Crippen LogP contribution in [0.5, 0.6) is 5.75 Å². The second kappa shape index (κ2) is 7.83. The third-order valence-corrected chi connectivity index (χ3v) is 7.75. The first kappa shape index (κ1) is 21.4. The van der Waals surface area contributed by atoms with Gasteiger partial charge in [-0.05, 0) is 32.2 Å². The van der Waals surface area contributed by atoms with Crippen LogP contribution in [0.2, 0.25) is 0 Å². The molecule has 1 N–H and O–H groups in total. The fourth-order valence-electron chi connectivity index (χ4n) is 5.63. The highest BCUT2D eigenvalue weighted by Crippen LogP contribution is 2.58. The lowest BCUT2D eigenvalue weighted by Crippen LogP contribution is -2.31. The number of carbonyl (C=O) groups excluding carboxylic acids is 1. The third kappa shape index (κ3) is 3.37. The summed E-state index contributed by atoms with van der Waals surface area (Å²) in [6.45, 7) is 1.73. The van der Waals surface area contributed by atoms with Gasteiger partial charge in [-0.3, -0.25) is 9.48 Å². The predicted molar refractivity (Wildman–Crippen MR) is 135 cm³/mol. The average Bonchev–Trinajstić information content (AvgIpc) is 3.79. The van der Waals surface area contributed by atoms with Crippen molar-refractivity contribution in [3.8, 4) is 28.3 Å².